The third-order valence-corrected chi connectivity index (χ3v) is 10.4. The van der Waals surface area contributed by atoms with Crippen molar-refractivity contribution in [1.29, 1.82) is 0 Å². The summed E-state index contributed by atoms with van der Waals surface area (Å²) in [5.41, 5.74) is -9.43. The van der Waals surface area contributed by atoms with Gasteiger partial charge >= 0.3 is 115 Å². The SMILES string of the molecule is FN(F)[Si](N(F)F)(N(F)F)C(F)(F)C(F)(F)C(F)(F)C(F)(F)C(F)(F)C(F)(F)C(F)(F)C(F)(F)C(F)(F)C(F)(F)C(F)(F)C(F)(F)C(F)(F)C(F)(F)C(F)(F)C(F)(F)C(F)(F)C(F)(F)F. The van der Waals surface area contributed by atoms with E-state index in [2.05, 4.69) is 0 Å². The second kappa shape index (κ2) is 15.3. The summed E-state index contributed by atoms with van der Waals surface area (Å²) in [5, 5.41) is -14.3. The molecule has 3 nitrogen and oxygen atoms in total. The van der Waals surface area contributed by atoms with Crippen LogP contribution < -0.4 is 0 Å². The highest BCUT2D eigenvalue weighted by molar-refractivity contribution is 6.72. The van der Waals surface area contributed by atoms with Gasteiger partial charge in [0.1, 0.15) is 0 Å². The van der Waals surface area contributed by atoms with Crippen molar-refractivity contribution in [2.45, 2.75) is 106 Å². The molecule has 0 aliphatic carbocycles. The number of hydrogen-bond donors (Lipinski definition) is 0. The van der Waals surface area contributed by atoms with Crippen LogP contribution in [0, 0.1) is 0 Å². The maximum absolute atomic E-state index is 14.0. The van der Waals surface area contributed by atoms with Crippen LogP contribution in [0.3, 0.4) is 0 Å². The summed E-state index contributed by atoms with van der Waals surface area (Å²) in [6, 6.07) is 0. The molecule has 0 aliphatic rings. The Kier molecular flexibility index (Phi) is 14.6. The van der Waals surface area contributed by atoms with Crippen molar-refractivity contribution in [2.75, 3.05) is 0 Å². The molecule has 0 unspecified atom stereocenters. The molecular formula is C18F43N3Si. The van der Waals surface area contributed by atoms with Gasteiger partial charge in [0.05, 0.1) is 0 Å². The standard InChI is InChI=1S/C18F43N3Si/c19-1(20,3(23,24)5(27,28)7(31,32)9(35,36)11(39,40)13(43,44)15(47,48)17(51,52)53)2(21,22)4(25,26)6(29,30)8(33,34)10(37,38)12(41,42)14(45,46)16(49,50)18(54,55)65(62(56)57,63(58)59)64(60)61. The number of halogens is 43. The van der Waals surface area contributed by atoms with Crippen LogP contribution in [0.15, 0.2) is 0 Å². The van der Waals surface area contributed by atoms with E-state index in [0.29, 0.717) is 0 Å². The lowest BCUT2D eigenvalue weighted by molar-refractivity contribution is -0.493. The van der Waals surface area contributed by atoms with Gasteiger partial charge in [-0.25, -0.2) is 0 Å². The van der Waals surface area contributed by atoms with Crippen LogP contribution in [0.4, 0.5) is 189 Å². The lowest BCUT2D eigenvalue weighted by Gasteiger charge is -2.47. The van der Waals surface area contributed by atoms with Crippen molar-refractivity contribution in [2.24, 2.45) is 0 Å². The van der Waals surface area contributed by atoms with Crippen LogP contribution in [0.1, 0.15) is 0 Å². The molecule has 0 rings (SSSR count). The Labute approximate surface area is 321 Å². The predicted molar refractivity (Wildman–Crippen MR) is 108 cm³/mol. The van der Waals surface area contributed by atoms with Gasteiger partial charge in [-0.15, -0.1) is 26.9 Å². The molecular weight excluding hydrogens is 1100 g/mol. The topological polar surface area (TPSA) is 9.72 Å². The fourth-order valence-electron chi connectivity index (χ4n) is 3.84. The van der Waals surface area contributed by atoms with Gasteiger partial charge in [0.25, 0.3) is 0 Å². The summed E-state index contributed by atoms with van der Waals surface area (Å²) in [5.74, 6) is -165. The van der Waals surface area contributed by atoms with E-state index in [1.54, 1.807) is 0 Å². The summed E-state index contributed by atoms with van der Waals surface area (Å²) < 4.78 is 581. The Bertz CT molecular complexity index is 1680. The molecule has 0 heterocycles. The molecule has 0 saturated heterocycles. The largest absolute Gasteiger partial charge is 0.570 e. The van der Waals surface area contributed by atoms with Gasteiger partial charge < -0.3 is 0 Å². The zero-order valence-electron chi connectivity index (χ0n) is 27.1. The zero-order valence-corrected chi connectivity index (χ0v) is 28.1. The minimum absolute atomic E-state index is 4.78. The van der Waals surface area contributed by atoms with E-state index in [-0.39, 0.29) is 0 Å². The molecule has 47 heteroatoms. The second-order valence-corrected chi connectivity index (χ2v) is 14.5. The summed E-state index contributed by atoms with van der Waals surface area (Å²) >= 11 is 0. The first kappa shape index (κ1) is 62.1. The zero-order chi connectivity index (χ0) is 54.2. The van der Waals surface area contributed by atoms with E-state index in [0.717, 1.165) is 0 Å². The maximum Gasteiger partial charge on any atom is 0.570 e. The van der Waals surface area contributed by atoms with Gasteiger partial charge in [-0.05, 0) is 0 Å². The normalized spacial score (nSPS) is 17.3. The monoisotopic (exact) mass is 1100 g/mol. The van der Waals surface area contributed by atoms with Crippen molar-refractivity contribution >= 4 is 8.56 Å². The van der Waals surface area contributed by atoms with Crippen LogP contribution in [0.25, 0.3) is 0 Å². The summed E-state index contributed by atoms with van der Waals surface area (Å²) in [4.78, 5) is 0. The minimum Gasteiger partial charge on any atom is -0.198 e. The quantitative estimate of drug-likeness (QED) is 0.0683. The lowest BCUT2D eigenvalue weighted by Crippen LogP contribution is -2.83. The molecule has 0 bridgehead atoms. The molecule has 0 spiro atoms. The number of alkyl halides is 37. The molecule has 0 aromatic carbocycles. The van der Waals surface area contributed by atoms with Crippen LogP contribution in [-0.4, -0.2) is 130 Å². The third-order valence-electron chi connectivity index (χ3n) is 7.79. The molecule has 0 aromatic rings. The van der Waals surface area contributed by atoms with Crippen molar-refractivity contribution in [3.05, 3.63) is 0 Å². The van der Waals surface area contributed by atoms with E-state index in [1.165, 1.54) is 0 Å². The van der Waals surface area contributed by atoms with Crippen molar-refractivity contribution in [3.63, 3.8) is 0 Å². The number of hydrogen-bond acceptors (Lipinski definition) is 3. The molecule has 392 valence electrons. The summed E-state index contributed by atoms with van der Waals surface area (Å²) in [6.07, 6.45) is -8.55. The van der Waals surface area contributed by atoms with Gasteiger partial charge in [0.2, 0.25) is 0 Å². The van der Waals surface area contributed by atoms with Crippen LogP contribution in [0.5, 0.6) is 0 Å². The van der Waals surface area contributed by atoms with E-state index in [9.17, 15) is 189 Å². The average molecular weight is 1100 g/mol. The highest BCUT2D eigenvalue weighted by Crippen LogP contribution is 2.71. The van der Waals surface area contributed by atoms with Gasteiger partial charge in [0, 0.05) is 15.0 Å². The Morgan fingerprint density at radius 2 is 0.277 bits per heavy atom. The Morgan fingerprint density at radius 3 is 0.385 bits per heavy atom. The van der Waals surface area contributed by atoms with Gasteiger partial charge in [-0.3, -0.25) is 0 Å². The van der Waals surface area contributed by atoms with Gasteiger partial charge in [0.15, 0.2) is 0 Å². The molecule has 0 fully saturated rings. The third kappa shape index (κ3) is 6.80. The highest BCUT2D eigenvalue weighted by atomic mass is 28.4. The highest BCUT2D eigenvalue weighted by Gasteiger charge is 3.03. The second-order valence-electron chi connectivity index (χ2n) is 11.6. The molecule has 65 heavy (non-hydrogen) atoms. The van der Waals surface area contributed by atoms with E-state index in [4.69, 9.17) is 0 Å². The smallest absolute Gasteiger partial charge is 0.198 e. The summed E-state index contributed by atoms with van der Waals surface area (Å²) in [7, 11) is -10.6. The van der Waals surface area contributed by atoms with Gasteiger partial charge in [-0.1, -0.05) is 0 Å². The van der Waals surface area contributed by atoms with Crippen molar-refractivity contribution in [1.82, 2.24) is 15.0 Å². The Morgan fingerprint density at radius 1 is 0.169 bits per heavy atom. The molecule has 0 N–H and O–H groups in total. The van der Waals surface area contributed by atoms with Crippen LogP contribution >= 0.6 is 0 Å². The average Bonchev–Trinajstić information content (AvgIpc) is 3.05. The molecule has 0 saturated carbocycles. The minimum atomic E-state index is -10.7. The van der Waals surface area contributed by atoms with Gasteiger partial charge in [-0.2, -0.15) is 162 Å². The van der Waals surface area contributed by atoms with Crippen molar-refractivity contribution in [3.8, 4) is 0 Å². The fourth-order valence-corrected chi connectivity index (χ4v) is 5.39. The molecule has 0 radical (unpaired) electrons. The maximum atomic E-state index is 14.0. The molecule has 0 aromatic heterocycles. The van der Waals surface area contributed by atoms with E-state index < -0.39 is 130 Å². The first-order valence-electron chi connectivity index (χ1n) is 13.2. The fraction of sp³-hybridized carbons (Fsp3) is 1.00. The summed E-state index contributed by atoms with van der Waals surface area (Å²) in [6.45, 7) is 0. The van der Waals surface area contributed by atoms with E-state index in [1.807, 2.05) is 0 Å². The Balaban J connectivity index is 8.10. The predicted octanol–water partition coefficient (Wildman–Crippen LogP) is 13.0. The number of rotatable bonds is 20. The van der Waals surface area contributed by atoms with E-state index >= 15 is 0 Å². The Hall–Kier alpha value is -2.91. The lowest BCUT2D eigenvalue weighted by atomic mass is 9.82. The first-order chi connectivity index (χ1) is 27.3. The van der Waals surface area contributed by atoms with Crippen molar-refractivity contribution < 1.29 is 189 Å². The molecule has 0 amide bonds. The number of nitrogens with zero attached hydrogens (tertiary/aromatic N) is 3. The van der Waals surface area contributed by atoms with Crippen LogP contribution in [0.2, 0.25) is 0 Å². The van der Waals surface area contributed by atoms with Crippen LogP contribution in [-0.2, 0) is 0 Å². The molecule has 0 atom stereocenters. The molecule has 0 aliphatic heterocycles. The first-order valence-corrected chi connectivity index (χ1v) is 15.0.